The summed E-state index contributed by atoms with van der Waals surface area (Å²) in [5, 5.41) is 6.43. The molecule has 0 radical (unpaired) electrons. The maximum absolute atomic E-state index is 12.4. The molecule has 0 spiro atoms. The van der Waals surface area contributed by atoms with E-state index in [0.29, 0.717) is 5.75 Å². The molecule has 2 atom stereocenters. The van der Waals surface area contributed by atoms with Gasteiger partial charge in [0.05, 0.1) is 22.9 Å². The highest BCUT2D eigenvalue weighted by molar-refractivity contribution is 7.84. The first-order valence-electron chi connectivity index (χ1n) is 6.73. The molecule has 3 nitrogen and oxygen atoms in total. The van der Waals surface area contributed by atoms with Crippen LogP contribution in [-0.2, 0) is 16.6 Å². The Morgan fingerprint density at radius 3 is 2.76 bits per heavy atom. The lowest BCUT2D eigenvalue weighted by atomic mass is 10.3. The normalized spacial score (nSPS) is 14.0. The van der Waals surface area contributed by atoms with E-state index in [9.17, 15) is 4.21 Å². The molecule has 0 saturated carbocycles. The van der Waals surface area contributed by atoms with Crippen molar-refractivity contribution >= 4 is 22.1 Å². The minimum atomic E-state index is -0.931. The van der Waals surface area contributed by atoms with Crippen LogP contribution in [0.4, 0.5) is 0 Å². The highest BCUT2D eigenvalue weighted by Gasteiger charge is 2.15. The summed E-state index contributed by atoms with van der Waals surface area (Å²) in [4.78, 5) is 1.17. The van der Waals surface area contributed by atoms with Gasteiger partial charge < -0.3 is 0 Å². The summed E-state index contributed by atoms with van der Waals surface area (Å²) in [5.41, 5.74) is 2.02. The van der Waals surface area contributed by atoms with Gasteiger partial charge in [0, 0.05) is 27.4 Å². The van der Waals surface area contributed by atoms with E-state index in [1.807, 2.05) is 65.6 Å². The monoisotopic (exact) mass is 316 g/mol. The van der Waals surface area contributed by atoms with Gasteiger partial charge in [-0.25, -0.2) is 4.68 Å². The van der Waals surface area contributed by atoms with Gasteiger partial charge in [0.1, 0.15) is 0 Å². The zero-order valence-electron chi connectivity index (χ0n) is 11.7. The number of benzene rings is 1. The van der Waals surface area contributed by atoms with Crippen LogP contribution in [0.2, 0.25) is 0 Å². The molecule has 0 amide bonds. The van der Waals surface area contributed by atoms with Crippen LogP contribution < -0.4 is 0 Å². The lowest BCUT2D eigenvalue weighted by Crippen LogP contribution is -2.03. The van der Waals surface area contributed by atoms with Crippen molar-refractivity contribution in [3.8, 4) is 5.69 Å². The Bertz CT molecular complexity index is 720. The first-order valence-corrected chi connectivity index (χ1v) is 9.00. The molecule has 0 aliphatic rings. The molecular weight excluding hydrogens is 300 g/mol. The highest BCUT2D eigenvalue weighted by atomic mass is 32.2. The number of aromatic nitrogens is 2. The molecule has 0 bridgehead atoms. The van der Waals surface area contributed by atoms with Crippen LogP contribution >= 0.6 is 11.3 Å². The van der Waals surface area contributed by atoms with Crippen molar-refractivity contribution in [1.82, 2.24) is 9.78 Å². The van der Waals surface area contributed by atoms with Crippen molar-refractivity contribution in [2.45, 2.75) is 17.9 Å². The van der Waals surface area contributed by atoms with Crippen LogP contribution in [0.3, 0.4) is 0 Å². The summed E-state index contributed by atoms with van der Waals surface area (Å²) >= 11 is 1.66. The van der Waals surface area contributed by atoms with Gasteiger partial charge in [-0.05, 0) is 30.5 Å². The molecule has 2 heterocycles. The quantitative estimate of drug-likeness (QED) is 0.714. The summed E-state index contributed by atoms with van der Waals surface area (Å²) in [6.45, 7) is 2.02. The molecule has 1 aromatic carbocycles. The summed E-state index contributed by atoms with van der Waals surface area (Å²) in [6, 6.07) is 14.0. The fourth-order valence-corrected chi connectivity index (χ4v) is 4.31. The highest BCUT2D eigenvalue weighted by Crippen LogP contribution is 2.25. The maximum atomic E-state index is 12.4. The Morgan fingerprint density at radius 2 is 2.05 bits per heavy atom. The van der Waals surface area contributed by atoms with Crippen molar-refractivity contribution < 1.29 is 4.21 Å². The Kier molecular flexibility index (Phi) is 4.31. The van der Waals surface area contributed by atoms with Crippen molar-refractivity contribution in [2.75, 3.05) is 0 Å². The van der Waals surface area contributed by atoms with Crippen molar-refractivity contribution in [1.29, 1.82) is 0 Å². The molecule has 3 rings (SSSR count). The Balaban J connectivity index is 1.71. The largest absolute Gasteiger partial charge is 0.259 e. The molecule has 21 heavy (non-hydrogen) atoms. The van der Waals surface area contributed by atoms with E-state index in [2.05, 4.69) is 5.10 Å². The first-order chi connectivity index (χ1) is 10.2. The molecule has 2 aromatic heterocycles. The lowest BCUT2D eigenvalue weighted by Gasteiger charge is -2.08. The van der Waals surface area contributed by atoms with Gasteiger partial charge in [0.15, 0.2) is 0 Å². The number of para-hydroxylation sites is 1. The number of nitrogens with zero attached hydrogens (tertiary/aromatic N) is 2. The minimum absolute atomic E-state index is 0.0603. The fraction of sp³-hybridized carbons (Fsp3) is 0.188. The van der Waals surface area contributed by atoms with Crippen LogP contribution in [-0.4, -0.2) is 14.0 Å². The standard InChI is InChI=1S/C16H16N2OS2/c1-13(16-8-5-9-20-16)21(19)12-14-10-17-18(11-14)15-6-3-2-4-7-15/h2-11,13H,12H2,1H3/t13-,21+/m0/s1. The fourth-order valence-electron chi connectivity index (χ4n) is 2.10. The summed E-state index contributed by atoms with van der Waals surface area (Å²) in [5.74, 6) is 0.534. The van der Waals surface area contributed by atoms with E-state index >= 15 is 0 Å². The Labute approximate surface area is 130 Å². The average Bonchev–Trinajstić information content (AvgIpc) is 3.19. The SMILES string of the molecule is C[C@@H](c1cccs1)[S@](=O)Cc1cnn(-c2ccccc2)c1. The third-order valence-corrected chi connectivity index (χ3v) is 6.17. The van der Waals surface area contributed by atoms with Gasteiger partial charge in [-0.15, -0.1) is 11.3 Å². The summed E-state index contributed by atoms with van der Waals surface area (Å²) < 4.78 is 14.3. The van der Waals surface area contributed by atoms with E-state index in [1.165, 1.54) is 4.88 Å². The zero-order chi connectivity index (χ0) is 14.7. The predicted molar refractivity (Wildman–Crippen MR) is 88.1 cm³/mol. The van der Waals surface area contributed by atoms with Crippen molar-refractivity contribution in [2.24, 2.45) is 0 Å². The van der Waals surface area contributed by atoms with E-state index < -0.39 is 10.8 Å². The van der Waals surface area contributed by atoms with Gasteiger partial charge in [-0.2, -0.15) is 5.10 Å². The second-order valence-corrected chi connectivity index (χ2v) is 7.55. The number of hydrogen-bond donors (Lipinski definition) is 0. The molecule has 108 valence electrons. The first kappa shape index (κ1) is 14.2. The zero-order valence-corrected chi connectivity index (χ0v) is 13.3. The topological polar surface area (TPSA) is 34.9 Å². The third kappa shape index (κ3) is 3.31. The van der Waals surface area contributed by atoms with Crippen LogP contribution in [0.1, 0.15) is 22.6 Å². The number of rotatable bonds is 5. The van der Waals surface area contributed by atoms with Gasteiger partial charge in [-0.1, -0.05) is 24.3 Å². The van der Waals surface area contributed by atoms with Gasteiger partial charge in [0.2, 0.25) is 0 Å². The van der Waals surface area contributed by atoms with E-state index in [1.54, 1.807) is 17.5 Å². The van der Waals surface area contributed by atoms with Crippen LogP contribution in [0.15, 0.2) is 60.2 Å². The van der Waals surface area contributed by atoms with Crippen LogP contribution in [0.5, 0.6) is 0 Å². The molecule has 0 aliphatic heterocycles. The lowest BCUT2D eigenvalue weighted by molar-refractivity contribution is 0.676. The van der Waals surface area contributed by atoms with Crippen LogP contribution in [0, 0.1) is 0 Å². The molecule has 0 N–H and O–H groups in total. The second kappa shape index (κ2) is 6.37. The smallest absolute Gasteiger partial charge is 0.0665 e. The minimum Gasteiger partial charge on any atom is -0.259 e. The van der Waals surface area contributed by atoms with E-state index in [-0.39, 0.29) is 5.25 Å². The average molecular weight is 316 g/mol. The maximum Gasteiger partial charge on any atom is 0.0665 e. The van der Waals surface area contributed by atoms with Crippen molar-refractivity contribution in [3.63, 3.8) is 0 Å². The second-order valence-electron chi connectivity index (χ2n) is 4.81. The summed E-state index contributed by atoms with van der Waals surface area (Å²) in [7, 11) is -0.931. The van der Waals surface area contributed by atoms with Crippen molar-refractivity contribution in [3.05, 3.63) is 70.7 Å². The van der Waals surface area contributed by atoms with Gasteiger partial charge >= 0.3 is 0 Å². The van der Waals surface area contributed by atoms with E-state index in [4.69, 9.17) is 0 Å². The molecule has 0 fully saturated rings. The molecule has 0 unspecified atom stereocenters. The van der Waals surface area contributed by atoms with Gasteiger partial charge in [0.25, 0.3) is 0 Å². The predicted octanol–water partition coefficient (Wildman–Crippen LogP) is 3.94. The molecular formula is C16H16N2OS2. The third-order valence-electron chi connectivity index (χ3n) is 3.30. The number of hydrogen-bond acceptors (Lipinski definition) is 3. The Hall–Kier alpha value is -1.72. The summed E-state index contributed by atoms with van der Waals surface area (Å²) in [6.07, 6.45) is 3.75. The molecule has 0 saturated heterocycles. The van der Waals surface area contributed by atoms with E-state index in [0.717, 1.165) is 11.3 Å². The molecule has 0 aliphatic carbocycles. The van der Waals surface area contributed by atoms with Gasteiger partial charge in [-0.3, -0.25) is 4.21 Å². The molecule has 5 heteroatoms. The Morgan fingerprint density at radius 1 is 1.24 bits per heavy atom. The number of thiophene rings is 1. The molecule has 3 aromatic rings. The van der Waals surface area contributed by atoms with Crippen LogP contribution in [0.25, 0.3) is 5.69 Å².